The molecule has 0 spiro atoms. The van der Waals surface area contributed by atoms with Gasteiger partial charge >= 0.3 is 12.1 Å². The van der Waals surface area contributed by atoms with Crippen molar-refractivity contribution in [3.05, 3.63) is 53.7 Å². The number of rotatable bonds is 5. The van der Waals surface area contributed by atoms with Crippen molar-refractivity contribution >= 4 is 28.4 Å². The lowest BCUT2D eigenvalue weighted by molar-refractivity contribution is 0.136. The zero-order valence-corrected chi connectivity index (χ0v) is 22.2. The Hall–Kier alpha value is -3.59. The van der Waals surface area contributed by atoms with Gasteiger partial charge < -0.3 is 29.4 Å². The first-order chi connectivity index (χ1) is 18.5. The number of ether oxygens (including phenoxy) is 1. The van der Waals surface area contributed by atoms with Gasteiger partial charge in [-0.3, -0.25) is 0 Å². The number of anilines is 2. The summed E-state index contributed by atoms with van der Waals surface area (Å²) in [5, 5.41) is 12.0. The third-order valence-corrected chi connectivity index (χ3v) is 8.38. The number of carbonyl (C=O) groups is 1. The highest BCUT2D eigenvalue weighted by Crippen LogP contribution is 2.35. The van der Waals surface area contributed by atoms with Gasteiger partial charge in [0.2, 0.25) is 0 Å². The highest BCUT2D eigenvalue weighted by atomic mass is 16.5. The third-order valence-electron chi connectivity index (χ3n) is 8.38. The molecular weight excluding hydrogens is 480 g/mol. The monoisotopic (exact) mass is 516 g/mol. The second-order valence-electron chi connectivity index (χ2n) is 10.8. The molecule has 3 aliphatic rings. The number of hydrogen-bond acceptors (Lipinski definition) is 7. The Morgan fingerprint density at radius 1 is 1.08 bits per heavy atom. The molecule has 6 rings (SSSR count). The fourth-order valence-electron chi connectivity index (χ4n) is 6.19. The number of fused-ring (bicyclic) bond motifs is 2. The average molecular weight is 517 g/mol. The Balaban J connectivity index is 1.33. The summed E-state index contributed by atoms with van der Waals surface area (Å²) in [5.74, 6) is 0.903. The van der Waals surface area contributed by atoms with Crippen LogP contribution in [0.3, 0.4) is 0 Å². The summed E-state index contributed by atoms with van der Waals surface area (Å²) in [6.07, 6.45) is 2.27. The smallest absolute Gasteiger partial charge is 0.407 e. The molecular formula is C29H36N6O3. The lowest BCUT2D eigenvalue weighted by atomic mass is 10.0. The third kappa shape index (κ3) is 4.71. The molecule has 38 heavy (non-hydrogen) atoms. The van der Waals surface area contributed by atoms with Crippen molar-refractivity contribution < 1.29 is 14.6 Å². The average Bonchev–Trinajstić information content (AvgIpc) is 3.35. The quantitative estimate of drug-likeness (QED) is 0.547. The number of nitrogens with zero attached hydrogens (tertiary/aromatic N) is 6. The first-order valence-corrected chi connectivity index (χ1v) is 13.7. The molecule has 0 aliphatic carbocycles. The Bertz CT molecular complexity index is 1330. The van der Waals surface area contributed by atoms with Crippen LogP contribution in [0, 0.1) is 0 Å². The summed E-state index contributed by atoms with van der Waals surface area (Å²) in [5.41, 5.74) is 3.37. The highest BCUT2D eigenvalue weighted by molar-refractivity contribution is 5.94. The van der Waals surface area contributed by atoms with Gasteiger partial charge in [-0.05, 0) is 51.2 Å². The number of amides is 1. The summed E-state index contributed by atoms with van der Waals surface area (Å²) in [6, 6.07) is 15.8. The van der Waals surface area contributed by atoms with Gasteiger partial charge in [0.05, 0.1) is 12.2 Å². The second-order valence-corrected chi connectivity index (χ2v) is 10.8. The Morgan fingerprint density at radius 3 is 2.71 bits per heavy atom. The minimum Gasteiger partial charge on any atom is -0.465 e. The van der Waals surface area contributed by atoms with Crippen molar-refractivity contribution in [2.24, 2.45) is 0 Å². The van der Waals surface area contributed by atoms with Crippen molar-refractivity contribution in [1.82, 2.24) is 19.8 Å². The van der Waals surface area contributed by atoms with Crippen molar-refractivity contribution in [3.8, 4) is 6.01 Å². The second kappa shape index (κ2) is 10.3. The largest absolute Gasteiger partial charge is 0.465 e. The van der Waals surface area contributed by atoms with Crippen LogP contribution in [0.1, 0.15) is 31.0 Å². The maximum absolute atomic E-state index is 11.6. The summed E-state index contributed by atoms with van der Waals surface area (Å²) in [4.78, 5) is 30.0. The van der Waals surface area contributed by atoms with Crippen LogP contribution >= 0.6 is 0 Å². The van der Waals surface area contributed by atoms with Gasteiger partial charge in [0.25, 0.3) is 0 Å². The Morgan fingerprint density at radius 2 is 1.92 bits per heavy atom. The van der Waals surface area contributed by atoms with Crippen molar-refractivity contribution in [2.75, 3.05) is 56.2 Å². The molecule has 0 unspecified atom stereocenters. The van der Waals surface area contributed by atoms with E-state index in [2.05, 4.69) is 71.1 Å². The number of hydrogen-bond donors (Lipinski definition) is 1. The van der Waals surface area contributed by atoms with E-state index in [1.165, 1.54) is 27.8 Å². The lowest BCUT2D eigenvalue weighted by Crippen LogP contribution is -2.54. The molecule has 4 heterocycles. The molecule has 2 fully saturated rings. The van der Waals surface area contributed by atoms with Gasteiger partial charge in [0, 0.05) is 54.9 Å². The van der Waals surface area contributed by atoms with E-state index < -0.39 is 6.09 Å². The first-order valence-electron chi connectivity index (χ1n) is 13.7. The van der Waals surface area contributed by atoms with Crippen LogP contribution in [-0.2, 0) is 13.0 Å². The summed E-state index contributed by atoms with van der Waals surface area (Å²) in [6.45, 7) is 6.82. The molecule has 2 saturated heterocycles. The lowest BCUT2D eigenvalue weighted by Gasteiger charge is -2.41. The first kappa shape index (κ1) is 24.7. The van der Waals surface area contributed by atoms with Crippen molar-refractivity contribution in [3.63, 3.8) is 0 Å². The molecule has 200 valence electrons. The number of aromatic nitrogens is 2. The van der Waals surface area contributed by atoms with Gasteiger partial charge in [0.15, 0.2) is 0 Å². The molecule has 3 aromatic rings. The molecule has 9 nitrogen and oxygen atoms in total. The van der Waals surface area contributed by atoms with Crippen LogP contribution < -0.4 is 14.5 Å². The SMILES string of the molecule is C[C@@H]1CN(C(=O)O)CCN1c1nc(OC[C@@H]2CCCN2C)nc2c1CCN(c1cccc3ccccc13)C2. The predicted molar refractivity (Wildman–Crippen MR) is 148 cm³/mol. The van der Waals surface area contributed by atoms with Crippen LogP contribution in [0.4, 0.5) is 16.3 Å². The van der Waals surface area contributed by atoms with Crippen LogP contribution in [0.15, 0.2) is 42.5 Å². The summed E-state index contributed by atoms with van der Waals surface area (Å²) >= 11 is 0. The van der Waals surface area contributed by atoms with Gasteiger partial charge in [0.1, 0.15) is 12.4 Å². The van der Waals surface area contributed by atoms with Gasteiger partial charge in [-0.15, -0.1) is 0 Å². The maximum Gasteiger partial charge on any atom is 0.407 e. The molecule has 1 N–H and O–H groups in total. The fraction of sp³-hybridized carbons (Fsp3) is 0.483. The van der Waals surface area contributed by atoms with Crippen LogP contribution in [-0.4, -0.2) is 89.4 Å². The topological polar surface area (TPSA) is 85.3 Å². The van der Waals surface area contributed by atoms with Crippen molar-refractivity contribution in [2.45, 2.75) is 44.8 Å². The molecule has 9 heteroatoms. The minimum absolute atomic E-state index is 0.0174. The zero-order chi connectivity index (χ0) is 26.2. The highest BCUT2D eigenvalue weighted by Gasteiger charge is 2.32. The summed E-state index contributed by atoms with van der Waals surface area (Å²) < 4.78 is 6.25. The van der Waals surface area contributed by atoms with Gasteiger partial charge in [-0.25, -0.2) is 4.79 Å². The minimum atomic E-state index is -0.864. The molecule has 0 saturated carbocycles. The van der Waals surface area contributed by atoms with E-state index in [0.717, 1.165) is 43.0 Å². The zero-order valence-electron chi connectivity index (χ0n) is 22.2. The number of likely N-dealkylation sites (N-methyl/N-ethyl adjacent to an activating group) is 1. The van der Waals surface area contributed by atoms with Gasteiger partial charge in [-0.2, -0.15) is 9.97 Å². The number of carboxylic acid groups (broad SMARTS) is 1. The van der Waals surface area contributed by atoms with E-state index in [0.29, 0.717) is 44.8 Å². The molecule has 3 aliphatic heterocycles. The normalized spacial score (nSPS) is 22.1. The molecule has 2 atom stereocenters. The standard InChI is InChI=1S/C29H36N6O3/c1-20-17-34(29(36)37)15-16-35(20)27-24-12-14-33(26-11-5-8-21-7-3-4-10-23(21)26)18-25(24)30-28(31-27)38-19-22-9-6-13-32(22)2/h3-5,7-8,10-11,20,22H,6,9,12-19H2,1-2H3,(H,36,37)/t20-,22+/m1/s1. The number of likely N-dealkylation sites (tertiary alicyclic amines) is 1. The number of benzene rings is 2. The van der Waals surface area contributed by atoms with Crippen LogP contribution in [0.5, 0.6) is 6.01 Å². The molecule has 2 aromatic carbocycles. The van der Waals surface area contributed by atoms with E-state index in [1.807, 2.05) is 0 Å². The van der Waals surface area contributed by atoms with E-state index in [9.17, 15) is 9.90 Å². The molecule has 1 amide bonds. The number of piperazine rings is 1. The van der Waals surface area contributed by atoms with Crippen LogP contribution in [0.2, 0.25) is 0 Å². The summed E-state index contributed by atoms with van der Waals surface area (Å²) in [7, 11) is 2.14. The maximum atomic E-state index is 11.6. The van der Waals surface area contributed by atoms with Crippen LogP contribution in [0.25, 0.3) is 10.8 Å². The van der Waals surface area contributed by atoms with E-state index >= 15 is 0 Å². The van der Waals surface area contributed by atoms with E-state index in [-0.39, 0.29) is 6.04 Å². The fourth-order valence-corrected chi connectivity index (χ4v) is 6.19. The van der Waals surface area contributed by atoms with E-state index in [4.69, 9.17) is 14.7 Å². The van der Waals surface area contributed by atoms with Gasteiger partial charge in [-0.1, -0.05) is 36.4 Å². The Labute approximate surface area is 223 Å². The molecule has 1 aromatic heterocycles. The predicted octanol–water partition coefficient (Wildman–Crippen LogP) is 3.85. The van der Waals surface area contributed by atoms with E-state index in [1.54, 1.807) is 0 Å². The molecule has 0 bridgehead atoms. The Kier molecular flexibility index (Phi) is 6.69. The molecule has 0 radical (unpaired) electrons. The van der Waals surface area contributed by atoms with Crippen molar-refractivity contribution in [1.29, 1.82) is 0 Å².